The van der Waals surface area contributed by atoms with Crippen LogP contribution >= 0.6 is 0 Å². The van der Waals surface area contributed by atoms with Crippen molar-refractivity contribution in [3.05, 3.63) is 84.1 Å². The Balaban J connectivity index is 1.69. The number of nitrogens with one attached hydrogen (secondary N) is 1. The molecule has 0 aliphatic rings. The van der Waals surface area contributed by atoms with Crippen LogP contribution in [0.3, 0.4) is 0 Å². The predicted octanol–water partition coefficient (Wildman–Crippen LogP) is 3.93. The lowest BCUT2D eigenvalue weighted by molar-refractivity contribution is 0.0987. The molecule has 5 heteroatoms. The number of anilines is 2. The van der Waals surface area contributed by atoms with E-state index in [1.807, 2.05) is 48.5 Å². The molecule has 0 spiro atoms. The molecule has 1 atom stereocenters. The van der Waals surface area contributed by atoms with Crippen LogP contribution in [0.2, 0.25) is 0 Å². The van der Waals surface area contributed by atoms with Gasteiger partial charge in [-0.15, -0.1) is 10.2 Å². The largest absolute Gasteiger partial charge is 0.362 e. The number of amides is 1. The van der Waals surface area contributed by atoms with E-state index in [0.29, 0.717) is 11.5 Å². The van der Waals surface area contributed by atoms with Gasteiger partial charge in [-0.1, -0.05) is 48.5 Å². The van der Waals surface area contributed by atoms with Crippen LogP contribution in [0.5, 0.6) is 0 Å². The predicted molar refractivity (Wildman–Crippen MR) is 99.7 cm³/mol. The lowest BCUT2D eigenvalue weighted by Gasteiger charge is -2.17. The second-order valence-corrected chi connectivity index (χ2v) is 5.78. The van der Waals surface area contributed by atoms with Gasteiger partial charge in [0.05, 0.1) is 0 Å². The molecule has 25 heavy (non-hydrogen) atoms. The molecule has 3 aromatic rings. The lowest BCUT2D eigenvalue weighted by Crippen LogP contribution is -2.27. The first kappa shape index (κ1) is 16.6. The van der Waals surface area contributed by atoms with Crippen LogP contribution in [0.15, 0.2) is 72.8 Å². The Morgan fingerprint density at radius 2 is 1.56 bits per heavy atom. The Labute approximate surface area is 147 Å². The number of hydrogen-bond acceptors (Lipinski definition) is 4. The third-order valence-corrected chi connectivity index (χ3v) is 4.00. The van der Waals surface area contributed by atoms with Crippen LogP contribution in [0.1, 0.15) is 29.0 Å². The summed E-state index contributed by atoms with van der Waals surface area (Å²) >= 11 is 0. The van der Waals surface area contributed by atoms with Crippen molar-refractivity contribution in [1.29, 1.82) is 0 Å². The van der Waals surface area contributed by atoms with E-state index in [1.165, 1.54) is 0 Å². The van der Waals surface area contributed by atoms with Crippen LogP contribution in [0.25, 0.3) is 0 Å². The van der Waals surface area contributed by atoms with E-state index in [4.69, 9.17) is 0 Å². The van der Waals surface area contributed by atoms with Crippen molar-refractivity contribution >= 4 is 17.4 Å². The number of nitrogens with zero attached hydrogens (tertiary/aromatic N) is 3. The second-order valence-electron chi connectivity index (χ2n) is 5.78. The van der Waals surface area contributed by atoms with Crippen LogP contribution < -0.4 is 10.2 Å². The third-order valence-electron chi connectivity index (χ3n) is 4.00. The second kappa shape index (κ2) is 7.57. The van der Waals surface area contributed by atoms with Gasteiger partial charge in [-0.25, -0.2) is 0 Å². The van der Waals surface area contributed by atoms with E-state index in [2.05, 4.69) is 34.6 Å². The minimum Gasteiger partial charge on any atom is -0.362 e. The molecule has 126 valence electrons. The summed E-state index contributed by atoms with van der Waals surface area (Å²) in [6.07, 6.45) is 0. The highest BCUT2D eigenvalue weighted by Gasteiger charge is 2.15. The van der Waals surface area contributed by atoms with Gasteiger partial charge in [-0.05, 0) is 36.8 Å². The van der Waals surface area contributed by atoms with E-state index in [9.17, 15) is 4.79 Å². The smallest absolute Gasteiger partial charge is 0.278 e. The van der Waals surface area contributed by atoms with E-state index in [-0.39, 0.29) is 11.9 Å². The SMILES string of the molecule is CC(Nc1ccc(C(=O)N(C)c2ccccc2)nn1)c1ccccc1. The summed E-state index contributed by atoms with van der Waals surface area (Å²) in [7, 11) is 1.73. The molecule has 1 unspecified atom stereocenters. The normalized spacial score (nSPS) is 11.6. The molecule has 5 nitrogen and oxygen atoms in total. The highest BCUT2D eigenvalue weighted by Crippen LogP contribution is 2.18. The van der Waals surface area contributed by atoms with Gasteiger partial charge < -0.3 is 10.2 Å². The summed E-state index contributed by atoms with van der Waals surface area (Å²) in [4.78, 5) is 14.1. The van der Waals surface area contributed by atoms with Crippen LogP contribution in [-0.4, -0.2) is 23.2 Å². The monoisotopic (exact) mass is 332 g/mol. The van der Waals surface area contributed by atoms with Crippen molar-refractivity contribution in [1.82, 2.24) is 10.2 Å². The molecule has 1 amide bonds. The molecule has 2 aromatic carbocycles. The summed E-state index contributed by atoms with van der Waals surface area (Å²) in [5.74, 6) is 0.441. The molecule has 1 aromatic heterocycles. The van der Waals surface area contributed by atoms with Gasteiger partial charge >= 0.3 is 0 Å². The molecular weight excluding hydrogens is 312 g/mol. The minimum absolute atomic E-state index is 0.101. The highest BCUT2D eigenvalue weighted by molar-refractivity contribution is 6.04. The first-order valence-electron chi connectivity index (χ1n) is 8.13. The van der Waals surface area contributed by atoms with E-state index in [1.54, 1.807) is 24.1 Å². The average molecular weight is 332 g/mol. The van der Waals surface area contributed by atoms with Crippen molar-refractivity contribution in [2.24, 2.45) is 0 Å². The molecule has 0 aliphatic carbocycles. The van der Waals surface area contributed by atoms with Crippen LogP contribution in [0.4, 0.5) is 11.5 Å². The summed E-state index contributed by atoms with van der Waals surface area (Å²) in [5, 5.41) is 11.5. The van der Waals surface area contributed by atoms with Crippen molar-refractivity contribution in [3.63, 3.8) is 0 Å². The fourth-order valence-corrected chi connectivity index (χ4v) is 2.51. The number of carbonyl (C=O) groups is 1. The maximum absolute atomic E-state index is 12.5. The molecular formula is C20H20N4O. The Morgan fingerprint density at radius 1 is 0.920 bits per heavy atom. The molecule has 1 heterocycles. The number of hydrogen-bond donors (Lipinski definition) is 1. The van der Waals surface area contributed by atoms with Crippen molar-refractivity contribution in [2.75, 3.05) is 17.3 Å². The maximum atomic E-state index is 12.5. The van der Waals surface area contributed by atoms with Gasteiger partial charge in [0.25, 0.3) is 5.91 Å². The first-order valence-corrected chi connectivity index (χ1v) is 8.13. The molecule has 0 fully saturated rings. The highest BCUT2D eigenvalue weighted by atomic mass is 16.2. The average Bonchev–Trinajstić information content (AvgIpc) is 2.69. The summed E-state index contributed by atoms with van der Waals surface area (Å²) in [5.41, 5.74) is 2.28. The van der Waals surface area contributed by atoms with Gasteiger partial charge in [0.1, 0.15) is 5.82 Å². The Bertz CT molecular complexity index is 819. The number of carbonyl (C=O) groups excluding carboxylic acids is 1. The third kappa shape index (κ3) is 4.01. The quantitative estimate of drug-likeness (QED) is 0.769. The topological polar surface area (TPSA) is 58.1 Å². The summed E-state index contributed by atoms with van der Waals surface area (Å²) in [6, 6.07) is 23.1. The maximum Gasteiger partial charge on any atom is 0.278 e. The minimum atomic E-state index is -0.193. The fraction of sp³-hybridized carbons (Fsp3) is 0.150. The fourth-order valence-electron chi connectivity index (χ4n) is 2.51. The molecule has 0 aliphatic heterocycles. The van der Waals surface area contributed by atoms with Gasteiger partial charge in [0.15, 0.2) is 5.69 Å². The van der Waals surface area contributed by atoms with Crippen molar-refractivity contribution in [3.8, 4) is 0 Å². The first-order chi connectivity index (χ1) is 12.1. The van der Waals surface area contributed by atoms with E-state index in [0.717, 1.165) is 11.3 Å². The van der Waals surface area contributed by atoms with E-state index >= 15 is 0 Å². The van der Waals surface area contributed by atoms with E-state index < -0.39 is 0 Å². The Kier molecular flexibility index (Phi) is 5.04. The lowest BCUT2D eigenvalue weighted by atomic mass is 10.1. The van der Waals surface area contributed by atoms with Gasteiger partial charge in [-0.2, -0.15) is 0 Å². The Hall–Kier alpha value is -3.21. The molecule has 3 rings (SSSR count). The number of para-hydroxylation sites is 1. The van der Waals surface area contributed by atoms with Gasteiger partial charge in [-0.3, -0.25) is 4.79 Å². The Morgan fingerprint density at radius 3 is 2.16 bits per heavy atom. The number of aromatic nitrogens is 2. The summed E-state index contributed by atoms with van der Waals surface area (Å²) < 4.78 is 0. The van der Waals surface area contributed by atoms with Crippen LogP contribution in [-0.2, 0) is 0 Å². The molecule has 0 saturated heterocycles. The molecule has 1 N–H and O–H groups in total. The van der Waals surface area contributed by atoms with Crippen molar-refractivity contribution in [2.45, 2.75) is 13.0 Å². The molecule has 0 saturated carbocycles. The zero-order chi connectivity index (χ0) is 17.6. The number of benzene rings is 2. The van der Waals surface area contributed by atoms with Crippen molar-refractivity contribution < 1.29 is 4.79 Å². The van der Waals surface area contributed by atoms with Crippen LogP contribution in [0, 0.1) is 0 Å². The molecule has 0 bridgehead atoms. The zero-order valence-electron chi connectivity index (χ0n) is 14.3. The standard InChI is InChI=1S/C20H20N4O/c1-15(16-9-5-3-6-10-16)21-19-14-13-18(22-23-19)20(25)24(2)17-11-7-4-8-12-17/h3-15H,1-2H3,(H,21,23). The zero-order valence-corrected chi connectivity index (χ0v) is 14.3. The van der Waals surface area contributed by atoms with Gasteiger partial charge in [0.2, 0.25) is 0 Å². The van der Waals surface area contributed by atoms with Gasteiger partial charge in [0, 0.05) is 18.8 Å². The number of rotatable bonds is 5. The molecule has 0 radical (unpaired) electrons. The summed E-state index contributed by atoms with van der Waals surface area (Å²) in [6.45, 7) is 2.05.